The molecule has 114 valence electrons. The maximum atomic E-state index is 4.66. The zero-order chi connectivity index (χ0) is 14.7. The van der Waals surface area contributed by atoms with Gasteiger partial charge in [0.2, 0.25) is 0 Å². The Morgan fingerprint density at radius 3 is 2.65 bits per heavy atom. The van der Waals surface area contributed by atoms with E-state index in [2.05, 4.69) is 54.7 Å². The van der Waals surface area contributed by atoms with Crippen LogP contribution in [0.15, 0.2) is 0 Å². The first-order valence-corrected chi connectivity index (χ1v) is 8.04. The number of aromatic nitrogens is 2. The second kappa shape index (κ2) is 6.61. The molecule has 1 aromatic rings. The normalized spacial score (nSPS) is 15.1. The van der Waals surface area contributed by atoms with Gasteiger partial charge in [-0.05, 0) is 38.6 Å². The smallest absolute Gasteiger partial charge is 0.131 e. The molecule has 2 rings (SSSR count). The van der Waals surface area contributed by atoms with Crippen molar-refractivity contribution >= 4 is 5.82 Å². The molecule has 0 amide bonds. The van der Waals surface area contributed by atoms with E-state index in [0.29, 0.717) is 5.92 Å². The molecular weight excluding hydrogens is 248 g/mol. The third-order valence-electron chi connectivity index (χ3n) is 3.86. The first-order chi connectivity index (χ1) is 9.54. The zero-order valence-electron chi connectivity index (χ0n) is 13.7. The zero-order valence-corrected chi connectivity index (χ0v) is 13.7. The van der Waals surface area contributed by atoms with Gasteiger partial charge in [-0.15, -0.1) is 0 Å². The molecule has 0 spiro atoms. The average Bonchev–Trinajstić information content (AvgIpc) is 3.15. The Balaban J connectivity index is 2.22. The van der Waals surface area contributed by atoms with Crippen LogP contribution in [-0.2, 0) is 13.6 Å². The second-order valence-corrected chi connectivity index (χ2v) is 6.47. The molecule has 1 heterocycles. The number of hydrogen-bond acceptors (Lipinski definition) is 3. The van der Waals surface area contributed by atoms with Gasteiger partial charge in [-0.3, -0.25) is 4.68 Å². The summed E-state index contributed by atoms with van der Waals surface area (Å²) in [7, 11) is 2.08. The number of hydrogen-bond donors (Lipinski definition) is 1. The molecule has 0 bridgehead atoms. The summed E-state index contributed by atoms with van der Waals surface area (Å²) >= 11 is 0. The lowest BCUT2D eigenvalue weighted by molar-refractivity contribution is 0.584. The number of rotatable bonds is 8. The van der Waals surface area contributed by atoms with Crippen molar-refractivity contribution in [3.05, 3.63) is 11.3 Å². The van der Waals surface area contributed by atoms with E-state index in [1.165, 1.54) is 36.3 Å². The van der Waals surface area contributed by atoms with Gasteiger partial charge in [-0.1, -0.05) is 20.8 Å². The van der Waals surface area contributed by atoms with Crippen LogP contribution in [0.4, 0.5) is 5.82 Å². The Bertz CT molecular complexity index is 432. The molecule has 0 aliphatic heterocycles. The summed E-state index contributed by atoms with van der Waals surface area (Å²) in [6.07, 6.45) is 3.84. The molecular formula is C16H30N4. The minimum atomic E-state index is 0.683. The van der Waals surface area contributed by atoms with Crippen molar-refractivity contribution in [2.45, 2.75) is 59.5 Å². The van der Waals surface area contributed by atoms with Crippen molar-refractivity contribution in [1.29, 1.82) is 0 Å². The Kier molecular flexibility index (Phi) is 5.08. The van der Waals surface area contributed by atoms with Crippen LogP contribution in [-0.4, -0.2) is 28.9 Å². The summed E-state index contributed by atoms with van der Waals surface area (Å²) in [4.78, 5) is 2.59. The van der Waals surface area contributed by atoms with E-state index in [9.17, 15) is 0 Å². The SMILES string of the molecule is CCCNCc1c(C)nn(C)c1N(CC(C)C)C1CC1. The molecule has 4 nitrogen and oxygen atoms in total. The van der Waals surface area contributed by atoms with E-state index in [0.717, 1.165) is 25.7 Å². The van der Waals surface area contributed by atoms with Gasteiger partial charge in [-0.2, -0.15) is 5.10 Å². The monoisotopic (exact) mass is 278 g/mol. The van der Waals surface area contributed by atoms with Gasteiger partial charge in [0.1, 0.15) is 5.82 Å². The van der Waals surface area contributed by atoms with Crippen LogP contribution in [0.25, 0.3) is 0 Å². The molecule has 1 aliphatic carbocycles. The summed E-state index contributed by atoms with van der Waals surface area (Å²) < 4.78 is 2.08. The Morgan fingerprint density at radius 2 is 2.10 bits per heavy atom. The quantitative estimate of drug-likeness (QED) is 0.742. The Morgan fingerprint density at radius 1 is 1.40 bits per heavy atom. The van der Waals surface area contributed by atoms with Crippen LogP contribution in [0, 0.1) is 12.8 Å². The van der Waals surface area contributed by atoms with Crippen molar-refractivity contribution in [1.82, 2.24) is 15.1 Å². The summed E-state index contributed by atoms with van der Waals surface area (Å²) in [5.74, 6) is 2.02. The van der Waals surface area contributed by atoms with Crippen molar-refractivity contribution in [3.63, 3.8) is 0 Å². The minimum absolute atomic E-state index is 0.683. The van der Waals surface area contributed by atoms with Crippen LogP contribution in [0.5, 0.6) is 0 Å². The molecule has 1 aliphatic rings. The van der Waals surface area contributed by atoms with Gasteiger partial charge in [0.05, 0.1) is 5.69 Å². The van der Waals surface area contributed by atoms with Gasteiger partial charge in [-0.25, -0.2) is 0 Å². The number of aryl methyl sites for hydroxylation is 2. The standard InChI is InChI=1S/C16H30N4/c1-6-9-17-10-15-13(4)18-19(5)16(15)20(11-12(2)3)14-7-8-14/h12,14,17H,6-11H2,1-5H3. The van der Waals surface area contributed by atoms with Gasteiger partial charge < -0.3 is 10.2 Å². The summed E-state index contributed by atoms with van der Waals surface area (Å²) in [5, 5.41) is 8.20. The van der Waals surface area contributed by atoms with Crippen LogP contribution in [0.2, 0.25) is 0 Å². The van der Waals surface area contributed by atoms with Crippen molar-refractivity contribution in [2.24, 2.45) is 13.0 Å². The number of anilines is 1. The van der Waals surface area contributed by atoms with Crippen molar-refractivity contribution in [2.75, 3.05) is 18.0 Å². The minimum Gasteiger partial charge on any atom is -0.353 e. The first kappa shape index (κ1) is 15.4. The largest absolute Gasteiger partial charge is 0.353 e. The molecule has 0 atom stereocenters. The van der Waals surface area contributed by atoms with Gasteiger partial charge in [0.25, 0.3) is 0 Å². The lowest BCUT2D eigenvalue weighted by atomic mass is 10.1. The third-order valence-corrected chi connectivity index (χ3v) is 3.86. The van der Waals surface area contributed by atoms with Crippen LogP contribution in [0.3, 0.4) is 0 Å². The van der Waals surface area contributed by atoms with Crippen molar-refractivity contribution < 1.29 is 0 Å². The van der Waals surface area contributed by atoms with Gasteiger partial charge >= 0.3 is 0 Å². The number of nitrogens with zero attached hydrogens (tertiary/aromatic N) is 3. The average molecular weight is 278 g/mol. The van der Waals surface area contributed by atoms with E-state index < -0.39 is 0 Å². The maximum Gasteiger partial charge on any atom is 0.131 e. The fraction of sp³-hybridized carbons (Fsp3) is 0.812. The molecule has 0 radical (unpaired) electrons. The summed E-state index contributed by atoms with van der Waals surface area (Å²) in [6, 6.07) is 0.733. The molecule has 0 aromatic carbocycles. The number of nitrogens with one attached hydrogen (secondary N) is 1. The predicted molar refractivity (Wildman–Crippen MR) is 85.1 cm³/mol. The second-order valence-electron chi connectivity index (χ2n) is 6.47. The molecule has 1 aromatic heterocycles. The van der Waals surface area contributed by atoms with E-state index in [1.807, 2.05) is 0 Å². The fourth-order valence-electron chi connectivity index (χ4n) is 2.83. The van der Waals surface area contributed by atoms with Crippen molar-refractivity contribution in [3.8, 4) is 0 Å². The van der Waals surface area contributed by atoms with Crippen LogP contribution >= 0.6 is 0 Å². The lowest BCUT2D eigenvalue weighted by Crippen LogP contribution is -2.33. The van der Waals surface area contributed by atoms with Crippen LogP contribution < -0.4 is 10.2 Å². The molecule has 20 heavy (non-hydrogen) atoms. The predicted octanol–water partition coefficient (Wildman–Crippen LogP) is 2.85. The van der Waals surface area contributed by atoms with Crippen LogP contribution in [0.1, 0.15) is 51.3 Å². The Labute approximate surface area is 123 Å². The van der Waals surface area contributed by atoms with Gasteiger partial charge in [0, 0.05) is 31.7 Å². The van der Waals surface area contributed by atoms with E-state index >= 15 is 0 Å². The van der Waals surface area contributed by atoms with E-state index in [-0.39, 0.29) is 0 Å². The molecule has 4 heteroatoms. The topological polar surface area (TPSA) is 33.1 Å². The van der Waals surface area contributed by atoms with E-state index in [4.69, 9.17) is 0 Å². The van der Waals surface area contributed by atoms with Gasteiger partial charge in [0.15, 0.2) is 0 Å². The highest BCUT2D eigenvalue weighted by molar-refractivity contribution is 5.52. The molecule has 0 unspecified atom stereocenters. The fourth-order valence-corrected chi connectivity index (χ4v) is 2.83. The third kappa shape index (κ3) is 3.54. The molecule has 1 N–H and O–H groups in total. The lowest BCUT2D eigenvalue weighted by Gasteiger charge is -2.28. The highest BCUT2D eigenvalue weighted by atomic mass is 15.4. The Hall–Kier alpha value is -1.03. The van der Waals surface area contributed by atoms with E-state index in [1.54, 1.807) is 0 Å². The summed E-state index contributed by atoms with van der Waals surface area (Å²) in [6.45, 7) is 12.1. The molecule has 1 saturated carbocycles. The maximum absolute atomic E-state index is 4.66. The highest BCUT2D eigenvalue weighted by Gasteiger charge is 2.33. The molecule has 0 saturated heterocycles. The molecule has 1 fully saturated rings. The first-order valence-electron chi connectivity index (χ1n) is 8.04. The summed E-state index contributed by atoms with van der Waals surface area (Å²) in [5.41, 5.74) is 2.55. The highest BCUT2D eigenvalue weighted by Crippen LogP contribution is 2.35.